The second-order valence-electron chi connectivity index (χ2n) is 5.06. The zero-order valence-electron chi connectivity index (χ0n) is 11.3. The maximum absolute atomic E-state index is 12.5. The van der Waals surface area contributed by atoms with Gasteiger partial charge in [0.05, 0.1) is 35.8 Å². The summed E-state index contributed by atoms with van der Waals surface area (Å²) in [7, 11) is 1.60. The third-order valence-electron chi connectivity index (χ3n) is 3.88. The minimum Gasteiger partial charge on any atom is -0.378 e. The van der Waals surface area contributed by atoms with Crippen LogP contribution in [-0.4, -0.2) is 48.1 Å². The second-order valence-corrected chi connectivity index (χ2v) is 5.06. The van der Waals surface area contributed by atoms with Crippen LogP contribution in [0.5, 0.6) is 0 Å². The molecule has 21 heavy (non-hydrogen) atoms. The van der Waals surface area contributed by atoms with Gasteiger partial charge in [0, 0.05) is 19.2 Å². The van der Waals surface area contributed by atoms with E-state index in [0.29, 0.717) is 6.61 Å². The van der Waals surface area contributed by atoms with Gasteiger partial charge in [-0.1, -0.05) is 6.07 Å². The van der Waals surface area contributed by atoms with Crippen LogP contribution in [0.4, 0.5) is 16.2 Å². The Morgan fingerprint density at radius 2 is 2.10 bits per heavy atom. The van der Waals surface area contributed by atoms with Crippen LogP contribution < -0.4 is 4.90 Å². The van der Waals surface area contributed by atoms with E-state index in [0.717, 1.165) is 4.90 Å². The van der Waals surface area contributed by atoms with Gasteiger partial charge in [0.1, 0.15) is 0 Å². The maximum Gasteiger partial charge on any atom is 0.331 e. The first kappa shape index (κ1) is 13.5. The fraction of sp³-hybridized carbons (Fsp3) is 0.385. The van der Waals surface area contributed by atoms with E-state index < -0.39 is 16.9 Å². The average molecular weight is 291 g/mol. The maximum atomic E-state index is 12.5. The molecule has 2 atom stereocenters. The number of carbonyl (C=O) groups excluding carboxylic acids is 2. The van der Waals surface area contributed by atoms with E-state index in [1.807, 2.05) is 0 Å². The summed E-state index contributed by atoms with van der Waals surface area (Å²) in [4.78, 5) is 37.6. The number of likely N-dealkylation sites (N-methyl/N-ethyl adjacent to an activating group) is 1. The van der Waals surface area contributed by atoms with Crippen molar-refractivity contribution in [3.8, 4) is 0 Å². The van der Waals surface area contributed by atoms with Crippen molar-refractivity contribution >= 4 is 23.3 Å². The Hall–Kier alpha value is -2.48. The van der Waals surface area contributed by atoms with Gasteiger partial charge in [0.25, 0.3) is 5.69 Å². The van der Waals surface area contributed by atoms with Gasteiger partial charge in [0.15, 0.2) is 0 Å². The summed E-state index contributed by atoms with van der Waals surface area (Å²) in [5.41, 5.74) is 0.0388. The fourth-order valence-corrected chi connectivity index (χ4v) is 2.70. The van der Waals surface area contributed by atoms with Crippen LogP contribution in [0.3, 0.4) is 0 Å². The highest BCUT2D eigenvalue weighted by Crippen LogP contribution is 2.31. The highest BCUT2D eigenvalue weighted by Gasteiger charge is 2.48. The van der Waals surface area contributed by atoms with Gasteiger partial charge in [-0.2, -0.15) is 0 Å². The molecular formula is C13H13N3O5. The van der Waals surface area contributed by atoms with E-state index in [9.17, 15) is 19.7 Å². The van der Waals surface area contributed by atoms with Crippen LogP contribution in [0.25, 0.3) is 0 Å². The predicted octanol–water partition coefficient (Wildman–Crippen LogP) is 1.01. The number of imide groups is 1. The van der Waals surface area contributed by atoms with Crippen LogP contribution in [0.2, 0.25) is 0 Å². The Labute approximate surface area is 120 Å². The summed E-state index contributed by atoms with van der Waals surface area (Å²) in [5, 5.41) is 10.8. The van der Waals surface area contributed by atoms with Crippen molar-refractivity contribution in [3.63, 3.8) is 0 Å². The van der Waals surface area contributed by atoms with Crippen LogP contribution in [-0.2, 0) is 9.53 Å². The molecular weight excluding hydrogens is 278 g/mol. The lowest BCUT2D eigenvalue weighted by molar-refractivity contribution is -0.384. The van der Waals surface area contributed by atoms with E-state index in [1.165, 1.54) is 29.2 Å². The summed E-state index contributed by atoms with van der Waals surface area (Å²) in [6.45, 7) is 0.591. The molecule has 0 saturated carbocycles. The number of benzene rings is 1. The van der Waals surface area contributed by atoms with E-state index in [1.54, 1.807) is 7.05 Å². The molecule has 8 nitrogen and oxygen atoms in total. The summed E-state index contributed by atoms with van der Waals surface area (Å²) >= 11 is 0. The number of nitro groups is 1. The molecule has 2 aliphatic rings. The van der Waals surface area contributed by atoms with Crippen LogP contribution in [0.1, 0.15) is 0 Å². The van der Waals surface area contributed by atoms with Crippen LogP contribution >= 0.6 is 0 Å². The Balaban J connectivity index is 2.00. The molecule has 8 heteroatoms. The number of hydrogen-bond acceptors (Lipinski definition) is 5. The Bertz CT molecular complexity index is 632. The lowest BCUT2D eigenvalue weighted by Crippen LogP contribution is -2.60. The largest absolute Gasteiger partial charge is 0.378 e. The molecule has 3 amide bonds. The predicted molar refractivity (Wildman–Crippen MR) is 71.8 cm³/mol. The summed E-state index contributed by atoms with van der Waals surface area (Å²) < 4.78 is 5.28. The zero-order chi connectivity index (χ0) is 15.1. The van der Waals surface area contributed by atoms with Crippen LogP contribution in [0, 0.1) is 16.0 Å². The van der Waals surface area contributed by atoms with Crippen LogP contribution in [0.15, 0.2) is 24.3 Å². The molecule has 0 N–H and O–H groups in total. The average Bonchev–Trinajstić information content (AvgIpc) is 2.95. The molecule has 2 aliphatic heterocycles. The van der Waals surface area contributed by atoms with Crippen molar-refractivity contribution in [2.24, 2.45) is 5.92 Å². The summed E-state index contributed by atoms with van der Waals surface area (Å²) in [6.07, 6.45) is 0. The van der Waals surface area contributed by atoms with E-state index in [2.05, 4.69) is 0 Å². The first-order valence-corrected chi connectivity index (χ1v) is 6.43. The van der Waals surface area contributed by atoms with Crippen molar-refractivity contribution in [1.82, 2.24) is 4.90 Å². The normalized spacial score (nSPS) is 25.2. The quantitative estimate of drug-likeness (QED) is 0.599. The molecule has 0 radical (unpaired) electrons. The molecule has 2 saturated heterocycles. The molecule has 0 bridgehead atoms. The number of nitrogens with zero attached hydrogens (tertiary/aromatic N) is 3. The topological polar surface area (TPSA) is 93.0 Å². The molecule has 1 aromatic rings. The zero-order valence-corrected chi connectivity index (χ0v) is 11.3. The van der Waals surface area contributed by atoms with E-state index in [-0.39, 0.29) is 29.9 Å². The number of non-ortho nitro benzene ring substituents is 1. The van der Waals surface area contributed by atoms with Gasteiger partial charge >= 0.3 is 6.03 Å². The number of hydrogen-bond donors (Lipinski definition) is 0. The Kier molecular flexibility index (Phi) is 3.09. The minimum atomic E-state index is -0.562. The van der Waals surface area contributed by atoms with Gasteiger partial charge in [-0.05, 0) is 6.07 Å². The minimum absolute atomic E-state index is 0.166. The number of rotatable bonds is 2. The van der Waals surface area contributed by atoms with E-state index >= 15 is 0 Å². The first-order chi connectivity index (χ1) is 10.0. The van der Waals surface area contributed by atoms with Gasteiger partial charge in [-0.25, -0.2) is 9.69 Å². The third-order valence-corrected chi connectivity index (χ3v) is 3.88. The summed E-state index contributed by atoms with van der Waals surface area (Å²) in [6, 6.07) is 4.73. The molecule has 0 aromatic heterocycles. The van der Waals surface area contributed by atoms with Crippen molar-refractivity contribution in [1.29, 1.82) is 0 Å². The smallest absolute Gasteiger partial charge is 0.331 e. The van der Waals surface area contributed by atoms with Crippen molar-refractivity contribution in [2.75, 3.05) is 25.2 Å². The Morgan fingerprint density at radius 1 is 1.33 bits per heavy atom. The first-order valence-electron chi connectivity index (χ1n) is 6.43. The molecule has 1 aromatic carbocycles. The SMILES string of the molecule is CN1C(=O)N(c2cccc([N+](=O)[O-])c2)C(=O)C2COCC21. The monoisotopic (exact) mass is 291 g/mol. The number of anilines is 1. The van der Waals surface area contributed by atoms with Gasteiger partial charge < -0.3 is 9.64 Å². The van der Waals surface area contributed by atoms with Gasteiger partial charge in [-0.15, -0.1) is 0 Å². The number of nitro benzene ring substituents is 1. The molecule has 0 spiro atoms. The lowest BCUT2D eigenvalue weighted by Gasteiger charge is -2.38. The molecule has 0 aliphatic carbocycles. The highest BCUT2D eigenvalue weighted by atomic mass is 16.6. The number of fused-ring (bicyclic) bond motifs is 1. The molecule has 3 rings (SSSR count). The highest BCUT2D eigenvalue weighted by molar-refractivity contribution is 6.17. The van der Waals surface area contributed by atoms with Crippen molar-refractivity contribution in [3.05, 3.63) is 34.4 Å². The number of carbonyl (C=O) groups is 2. The number of urea groups is 1. The Morgan fingerprint density at radius 3 is 2.81 bits per heavy atom. The number of amides is 3. The van der Waals surface area contributed by atoms with Gasteiger partial charge in [-0.3, -0.25) is 14.9 Å². The van der Waals surface area contributed by atoms with Gasteiger partial charge in [0.2, 0.25) is 5.91 Å². The molecule has 2 heterocycles. The lowest BCUT2D eigenvalue weighted by atomic mass is 9.98. The second kappa shape index (κ2) is 4.81. The molecule has 2 fully saturated rings. The van der Waals surface area contributed by atoms with Crippen molar-refractivity contribution in [2.45, 2.75) is 6.04 Å². The molecule has 110 valence electrons. The van der Waals surface area contributed by atoms with E-state index in [4.69, 9.17) is 4.74 Å². The summed E-state index contributed by atoms with van der Waals surface area (Å²) in [5.74, 6) is -0.798. The fourth-order valence-electron chi connectivity index (χ4n) is 2.70. The number of ether oxygens (including phenoxy) is 1. The standard InChI is InChI=1S/C13H13N3O5/c1-14-11-7-21-6-10(11)12(17)15(13(14)18)8-3-2-4-9(5-8)16(19)20/h2-5,10-11H,6-7H2,1H3. The van der Waals surface area contributed by atoms with Crippen molar-refractivity contribution < 1.29 is 19.2 Å². The third kappa shape index (κ3) is 2.04. The molecule has 2 unspecified atom stereocenters.